The third kappa shape index (κ3) is 1.31. The van der Waals surface area contributed by atoms with Crippen LogP contribution in [0.15, 0.2) is 0 Å². The van der Waals surface area contributed by atoms with Crippen molar-refractivity contribution in [1.29, 1.82) is 0 Å². The van der Waals surface area contributed by atoms with E-state index in [1.54, 1.807) is 6.92 Å². The summed E-state index contributed by atoms with van der Waals surface area (Å²) < 4.78 is 1.85. The maximum atomic E-state index is 11.2. The second kappa shape index (κ2) is 3.12. The predicted octanol–water partition coefficient (Wildman–Crippen LogP) is 1.15. The topological polar surface area (TPSA) is 71.3 Å². The van der Waals surface area contributed by atoms with Crippen molar-refractivity contribution >= 4 is 17.7 Å². The Bertz CT molecular complexity index is 460. The number of aromatic carboxylic acids is 1. The van der Waals surface area contributed by atoms with Crippen molar-refractivity contribution in [2.24, 2.45) is 0 Å². The van der Waals surface area contributed by atoms with Gasteiger partial charge in [0.05, 0.1) is 0 Å². The van der Waals surface area contributed by atoms with E-state index in [1.807, 2.05) is 11.5 Å². The van der Waals surface area contributed by atoms with Crippen molar-refractivity contribution in [2.45, 2.75) is 26.8 Å². The smallest absolute Gasteiger partial charge is 0.339 e. The number of carboxylic acids is 1. The molecule has 0 saturated carbocycles. The number of hydrogen-bond donors (Lipinski definition) is 2. The van der Waals surface area contributed by atoms with E-state index in [1.165, 1.54) is 0 Å². The normalized spacial score (nSPS) is 14.7. The number of hydrogen-bond acceptors (Lipinski definition) is 2. The van der Waals surface area contributed by atoms with Crippen LogP contribution in [-0.4, -0.2) is 21.6 Å². The second-order valence-electron chi connectivity index (χ2n) is 3.69. The van der Waals surface area contributed by atoms with Crippen LogP contribution >= 0.6 is 0 Å². The van der Waals surface area contributed by atoms with E-state index in [2.05, 4.69) is 5.32 Å². The molecule has 0 radical (unpaired) electrons. The molecule has 5 nitrogen and oxygen atoms in total. The maximum absolute atomic E-state index is 11.2. The molecule has 0 aromatic carbocycles. The number of nitrogens with zero attached hydrogens (tertiary/aromatic N) is 1. The van der Waals surface area contributed by atoms with Gasteiger partial charge in [0.25, 0.3) is 0 Å². The molecule has 15 heavy (non-hydrogen) atoms. The summed E-state index contributed by atoms with van der Waals surface area (Å²) in [7, 11) is 0. The molecule has 0 atom stereocenters. The van der Waals surface area contributed by atoms with E-state index in [4.69, 9.17) is 5.11 Å². The van der Waals surface area contributed by atoms with Gasteiger partial charge in [-0.15, -0.1) is 0 Å². The largest absolute Gasteiger partial charge is 0.478 e. The number of carbonyl (C=O) groups is 2. The molecule has 1 aromatic rings. The van der Waals surface area contributed by atoms with Crippen LogP contribution < -0.4 is 5.32 Å². The average molecular weight is 208 g/mol. The highest BCUT2D eigenvalue weighted by Crippen LogP contribution is 2.29. The van der Waals surface area contributed by atoms with Gasteiger partial charge in [-0.2, -0.15) is 0 Å². The van der Waals surface area contributed by atoms with Gasteiger partial charge < -0.3 is 15.0 Å². The first kappa shape index (κ1) is 9.76. The Morgan fingerprint density at radius 1 is 1.47 bits per heavy atom. The molecule has 5 heteroatoms. The first-order valence-electron chi connectivity index (χ1n) is 4.75. The quantitative estimate of drug-likeness (QED) is 0.727. The number of fused-ring (bicyclic) bond motifs is 1. The molecule has 2 N–H and O–H groups in total. The Balaban J connectivity index is 2.66. The summed E-state index contributed by atoms with van der Waals surface area (Å²) in [6, 6.07) is 0. The fourth-order valence-electron chi connectivity index (χ4n) is 1.94. The molecule has 1 aromatic heterocycles. The van der Waals surface area contributed by atoms with Gasteiger partial charge in [0, 0.05) is 18.7 Å². The minimum atomic E-state index is -0.994. The molecule has 0 bridgehead atoms. The van der Waals surface area contributed by atoms with Crippen LogP contribution in [-0.2, 0) is 11.3 Å². The highest BCUT2D eigenvalue weighted by Gasteiger charge is 2.26. The van der Waals surface area contributed by atoms with Gasteiger partial charge in [0.2, 0.25) is 5.91 Å². The summed E-state index contributed by atoms with van der Waals surface area (Å²) in [6.45, 7) is 4.18. The number of nitrogens with one attached hydrogen (secondary N) is 1. The Kier molecular flexibility index (Phi) is 2.03. The van der Waals surface area contributed by atoms with Gasteiger partial charge in [0.1, 0.15) is 11.4 Å². The van der Waals surface area contributed by atoms with Gasteiger partial charge in [-0.1, -0.05) is 0 Å². The van der Waals surface area contributed by atoms with Gasteiger partial charge in [0.15, 0.2) is 0 Å². The molecule has 1 aliphatic rings. The summed E-state index contributed by atoms with van der Waals surface area (Å²) in [5.74, 6) is -0.692. The molecule has 1 amide bonds. The van der Waals surface area contributed by atoms with Crippen LogP contribution in [0.5, 0.6) is 0 Å². The summed E-state index contributed by atoms with van der Waals surface area (Å²) in [5, 5.41) is 11.7. The van der Waals surface area contributed by atoms with Gasteiger partial charge in [-0.3, -0.25) is 4.79 Å². The SMILES string of the molecule is Cc1c(C(=O)O)c2n(c1C)CCC(=O)N2. The van der Waals surface area contributed by atoms with Crippen LogP contribution in [0.4, 0.5) is 5.82 Å². The van der Waals surface area contributed by atoms with Crippen molar-refractivity contribution in [3.63, 3.8) is 0 Å². The maximum Gasteiger partial charge on any atom is 0.339 e. The number of rotatable bonds is 1. The van der Waals surface area contributed by atoms with Gasteiger partial charge >= 0.3 is 5.97 Å². The molecule has 1 aliphatic heterocycles. The summed E-state index contributed by atoms with van der Waals surface area (Å²) in [6.07, 6.45) is 0.404. The van der Waals surface area contributed by atoms with Gasteiger partial charge in [-0.05, 0) is 19.4 Å². The Morgan fingerprint density at radius 2 is 2.13 bits per heavy atom. The van der Waals surface area contributed by atoms with Crippen molar-refractivity contribution < 1.29 is 14.7 Å². The fourth-order valence-corrected chi connectivity index (χ4v) is 1.94. The zero-order chi connectivity index (χ0) is 11.2. The minimum Gasteiger partial charge on any atom is -0.478 e. The third-order valence-electron chi connectivity index (χ3n) is 2.86. The van der Waals surface area contributed by atoms with Crippen molar-refractivity contribution in [1.82, 2.24) is 4.57 Å². The number of amides is 1. The Hall–Kier alpha value is -1.78. The lowest BCUT2D eigenvalue weighted by atomic mass is 10.1. The highest BCUT2D eigenvalue weighted by molar-refractivity contribution is 6.02. The van der Waals surface area contributed by atoms with Crippen LogP contribution in [0.1, 0.15) is 28.0 Å². The van der Waals surface area contributed by atoms with E-state index in [9.17, 15) is 9.59 Å². The van der Waals surface area contributed by atoms with Gasteiger partial charge in [-0.25, -0.2) is 4.79 Å². The summed E-state index contributed by atoms with van der Waals surface area (Å²) in [5.41, 5.74) is 1.84. The van der Waals surface area contributed by atoms with Crippen LogP contribution in [0, 0.1) is 13.8 Å². The van der Waals surface area contributed by atoms with Crippen molar-refractivity contribution in [3.05, 3.63) is 16.8 Å². The lowest BCUT2D eigenvalue weighted by molar-refractivity contribution is -0.116. The van der Waals surface area contributed by atoms with Crippen molar-refractivity contribution in [3.8, 4) is 0 Å². The molecule has 80 valence electrons. The minimum absolute atomic E-state index is 0.123. The lowest BCUT2D eigenvalue weighted by Crippen LogP contribution is -2.24. The van der Waals surface area contributed by atoms with Crippen molar-refractivity contribution in [2.75, 3.05) is 5.32 Å². The standard InChI is InChI=1S/C10H12N2O3/c1-5-6(2)12-4-3-7(13)11-9(12)8(5)10(14)15/h3-4H2,1-2H3,(H,11,13)(H,14,15). The summed E-state index contributed by atoms with van der Waals surface area (Å²) in [4.78, 5) is 22.3. The first-order valence-corrected chi connectivity index (χ1v) is 4.75. The monoisotopic (exact) mass is 208 g/mol. The number of anilines is 1. The Labute approximate surface area is 86.7 Å². The molecular weight excluding hydrogens is 196 g/mol. The molecular formula is C10H12N2O3. The van der Waals surface area contributed by atoms with Crippen LogP contribution in [0.25, 0.3) is 0 Å². The molecule has 0 unspecified atom stereocenters. The van der Waals surface area contributed by atoms with E-state index < -0.39 is 5.97 Å². The number of carbonyl (C=O) groups excluding carboxylic acids is 1. The molecule has 0 spiro atoms. The zero-order valence-electron chi connectivity index (χ0n) is 8.63. The Morgan fingerprint density at radius 3 is 2.73 bits per heavy atom. The average Bonchev–Trinajstić information content (AvgIpc) is 2.39. The highest BCUT2D eigenvalue weighted by atomic mass is 16.4. The van der Waals surface area contributed by atoms with E-state index in [0.29, 0.717) is 18.8 Å². The van der Waals surface area contributed by atoms with E-state index >= 15 is 0 Å². The van der Waals surface area contributed by atoms with Crippen LogP contribution in [0.3, 0.4) is 0 Å². The fraction of sp³-hybridized carbons (Fsp3) is 0.400. The molecule has 0 aliphatic carbocycles. The molecule has 0 saturated heterocycles. The molecule has 2 rings (SSSR count). The first-order chi connectivity index (χ1) is 7.02. The molecule has 0 fully saturated rings. The van der Waals surface area contributed by atoms with Crippen LogP contribution in [0.2, 0.25) is 0 Å². The number of carboxylic acid groups (broad SMARTS) is 1. The van der Waals surface area contributed by atoms with E-state index in [0.717, 1.165) is 11.3 Å². The molecule has 2 heterocycles. The number of aromatic nitrogens is 1. The summed E-state index contributed by atoms with van der Waals surface area (Å²) >= 11 is 0. The second-order valence-corrected chi connectivity index (χ2v) is 3.69. The lowest BCUT2D eigenvalue weighted by Gasteiger charge is -2.17. The zero-order valence-corrected chi connectivity index (χ0v) is 8.63. The predicted molar refractivity (Wildman–Crippen MR) is 54.1 cm³/mol. The third-order valence-corrected chi connectivity index (χ3v) is 2.86. The van der Waals surface area contributed by atoms with E-state index in [-0.39, 0.29) is 11.5 Å².